The first-order valence-electron chi connectivity index (χ1n) is 5.72. The fourth-order valence-electron chi connectivity index (χ4n) is 1.57. The topological polar surface area (TPSA) is 58.6 Å². The van der Waals surface area contributed by atoms with Gasteiger partial charge in [-0.05, 0) is 37.6 Å². The molecule has 0 fully saturated rings. The Morgan fingerprint density at radius 3 is 2.59 bits per heavy atom. The summed E-state index contributed by atoms with van der Waals surface area (Å²) in [6.07, 6.45) is 0.859. The first kappa shape index (κ1) is 13.5. The van der Waals surface area contributed by atoms with Crippen LogP contribution in [0.1, 0.15) is 31.4 Å². The molecule has 0 aliphatic carbocycles. The third kappa shape index (κ3) is 4.87. The van der Waals surface area contributed by atoms with E-state index >= 15 is 0 Å². The van der Waals surface area contributed by atoms with Gasteiger partial charge in [0.05, 0.1) is 7.11 Å². The van der Waals surface area contributed by atoms with Gasteiger partial charge in [-0.15, -0.1) is 0 Å². The minimum atomic E-state index is -0.746. The van der Waals surface area contributed by atoms with Gasteiger partial charge in [0.2, 0.25) is 0 Å². The SMILES string of the molecule is COc1ccc([C@@H](C)NCCCC(=O)O)cc1. The molecule has 0 aromatic heterocycles. The molecule has 0 aliphatic heterocycles. The Labute approximate surface area is 102 Å². The average molecular weight is 237 g/mol. The molecule has 0 heterocycles. The Morgan fingerprint density at radius 2 is 2.06 bits per heavy atom. The summed E-state index contributed by atoms with van der Waals surface area (Å²) in [4.78, 5) is 10.3. The van der Waals surface area contributed by atoms with E-state index in [2.05, 4.69) is 12.2 Å². The van der Waals surface area contributed by atoms with Crippen molar-refractivity contribution in [2.75, 3.05) is 13.7 Å². The lowest BCUT2D eigenvalue weighted by atomic mass is 10.1. The van der Waals surface area contributed by atoms with E-state index in [-0.39, 0.29) is 12.5 Å². The molecular formula is C13H19NO3. The van der Waals surface area contributed by atoms with Gasteiger partial charge in [-0.1, -0.05) is 12.1 Å². The van der Waals surface area contributed by atoms with E-state index in [4.69, 9.17) is 9.84 Å². The molecule has 0 unspecified atom stereocenters. The Bertz CT molecular complexity index is 348. The number of methoxy groups -OCH3 is 1. The maximum Gasteiger partial charge on any atom is 0.303 e. The third-order valence-corrected chi connectivity index (χ3v) is 2.63. The molecular weight excluding hydrogens is 218 g/mol. The summed E-state index contributed by atoms with van der Waals surface area (Å²) in [5.41, 5.74) is 1.17. The van der Waals surface area contributed by atoms with Crippen LogP contribution in [-0.2, 0) is 4.79 Å². The normalized spacial score (nSPS) is 12.1. The Morgan fingerprint density at radius 1 is 1.41 bits per heavy atom. The van der Waals surface area contributed by atoms with Gasteiger partial charge >= 0.3 is 5.97 Å². The lowest BCUT2D eigenvalue weighted by molar-refractivity contribution is -0.137. The highest BCUT2D eigenvalue weighted by Gasteiger charge is 2.04. The average Bonchev–Trinajstić information content (AvgIpc) is 2.34. The summed E-state index contributed by atoms with van der Waals surface area (Å²) in [6.45, 7) is 2.77. The molecule has 0 saturated carbocycles. The van der Waals surface area contributed by atoms with Crippen LogP contribution in [0.3, 0.4) is 0 Å². The zero-order chi connectivity index (χ0) is 12.7. The fraction of sp³-hybridized carbons (Fsp3) is 0.462. The molecule has 1 atom stereocenters. The van der Waals surface area contributed by atoms with Crippen molar-refractivity contribution in [1.29, 1.82) is 0 Å². The van der Waals surface area contributed by atoms with Crippen molar-refractivity contribution in [3.05, 3.63) is 29.8 Å². The standard InChI is InChI=1S/C13H19NO3/c1-10(14-9-3-4-13(15)16)11-5-7-12(17-2)8-6-11/h5-8,10,14H,3-4,9H2,1-2H3,(H,15,16)/t10-/m1/s1. The molecule has 4 nitrogen and oxygen atoms in total. The molecule has 94 valence electrons. The number of nitrogens with one attached hydrogen (secondary N) is 1. The minimum Gasteiger partial charge on any atom is -0.497 e. The van der Waals surface area contributed by atoms with Gasteiger partial charge in [-0.25, -0.2) is 0 Å². The van der Waals surface area contributed by atoms with Crippen LogP contribution in [0.4, 0.5) is 0 Å². The summed E-state index contributed by atoms with van der Waals surface area (Å²) < 4.78 is 5.09. The summed E-state index contributed by atoms with van der Waals surface area (Å²) in [5.74, 6) is 0.0933. The van der Waals surface area contributed by atoms with Crippen LogP contribution < -0.4 is 10.1 Å². The quantitative estimate of drug-likeness (QED) is 0.714. The van der Waals surface area contributed by atoms with Crippen molar-refractivity contribution < 1.29 is 14.6 Å². The molecule has 2 N–H and O–H groups in total. The highest BCUT2D eigenvalue weighted by Crippen LogP contribution is 2.17. The number of carboxylic acid groups (broad SMARTS) is 1. The van der Waals surface area contributed by atoms with Crippen molar-refractivity contribution in [3.63, 3.8) is 0 Å². The molecule has 0 saturated heterocycles. The van der Waals surface area contributed by atoms with E-state index < -0.39 is 5.97 Å². The number of ether oxygens (including phenoxy) is 1. The van der Waals surface area contributed by atoms with Crippen LogP contribution >= 0.6 is 0 Å². The number of hydrogen-bond acceptors (Lipinski definition) is 3. The Kier molecular flexibility index (Phi) is 5.49. The van der Waals surface area contributed by atoms with Gasteiger partial charge in [-0.3, -0.25) is 4.79 Å². The molecule has 0 amide bonds. The molecule has 1 aromatic carbocycles. The van der Waals surface area contributed by atoms with Crippen molar-refractivity contribution in [2.45, 2.75) is 25.8 Å². The van der Waals surface area contributed by atoms with Gasteiger partial charge in [0.25, 0.3) is 0 Å². The second-order valence-electron chi connectivity index (χ2n) is 3.95. The van der Waals surface area contributed by atoms with E-state index in [1.165, 1.54) is 5.56 Å². The molecule has 1 aromatic rings. The summed E-state index contributed by atoms with van der Waals surface area (Å²) >= 11 is 0. The van der Waals surface area contributed by atoms with Crippen molar-refractivity contribution in [3.8, 4) is 5.75 Å². The van der Waals surface area contributed by atoms with E-state index in [0.29, 0.717) is 13.0 Å². The monoisotopic (exact) mass is 237 g/mol. The molecule has 0 bridgehead atoms. The van der Waals surface area contributed by atoms with Crippen LogP contribution in [0, 0.1) is 0 Å². The number of aliphatic carboxylic acids is 1. The number of rotatable bonds is 7. The molecule has 0 radical (unpaired) electrons. The van der Waals surface area contributed by atoms with Gasteiger partial charge in [0.15, 0.2) is 0 Å². The van der Waals surface area contributed by atoms with Crippen molar-refractivity contribution >= 4 is 5.97 Å². The lowest BCUT2D eigenvalue weighted by Crippen LogP contribution is -2.20. The predicted octanol–water partition coefficient (Wildman–Crippen LogP) is 2.21. The van der Waals surface area contributed by atoms with Gasteiger partial charge in [0, 0.05) is 12.5 Å². The van der Waals surface area contributed by atoms with Crippen molar-refractivity contribution in [2.24, 2.45) is 0 Å². The maximum absolute atomic E-state index is 10.3. The second kappa shape index (κ2) is 6.91. The summed E-state index contributed by atoms with van der Waals surface area (Å²) in [7, 11) is 1.64. The molecule has 17 heavy (non-hydrogen) atoms. The molecule has 1 rings (SSSR count). The second-order valence-corrected chi connectivity index (χ2v) is 3.95. The van der Waals surface area contributed by atoms with Crippen LogP contribution in [0.5, 0.6) is 5.75 Å². The Hall–Kier alpha value is -1.55. The number of carbonyl (C=O) groups is 1. The largest absolute Gasteiger partial charge is 0.497 e. The molecule has 0 spiro atoms. The van der Waals surface area contributed by atoms with Crippen LogP contribution in [0.15, 0.2) is 24.3 Å². The maximum atomic E-state index is 10.3. The van der Waals surface area contributed by atoms with Crippen LogP contribution in [0.25, 0.3) is 0 Å². The van der Waals surface area contributed by atoms with Gasteiger partial charge in [-0.2, -0.15) is 0 Å². The minimum absolute atomic E-state index is 0.211. The number of carboxylic acids is 1. The van der Waals surface area contributed by atoms with Crippen molar-refractivity contribution in [1.82, 2.24) is 5.32 Å². The van der Waals surface area contributed by atoms with E-state index in [1.54, 1.807) is 7.11 Å². The molecule has 0 aliphatic rings. The zero-order valence-electron chi connectivity index (χ0n) is 10.3. The van der Waals surface area contributed by atoms with Gasteiger partial charge in [0.1, 0.15) is 5.75 Å². The highest BCUT2D eigenvalue weighted by atomic mass is 16.5. The number of benzene rings is 1. The van der Waals surface area contributed by atoms with Crippen LogP contribution in [-0.4, -0.2) is 24.7 Å². The van der Waals surface area contributed by atoms with E-state index in [9.17, 15) is 4.79 Å². The van der Waals surface area contributed by atoms with E-state index in [0.717, 1.165) is 5.75 Å². The summed E-state index contributed by atoms with van der Waals surface area (Å²) in [5, 5.41) is 11.8. The summed E-state index contributed by atoms with van der Waals surface area (Å²) in [6, 6.07) is 8.08. The molecule has 4 heteroatoms. The zero-order valence-corrected chi connectivity index (χ0v) is 10.3. The third-order valence-electron chi connectivity index (χ3n) is 2.63. The predicted molar refractivity (Wildman–Crippen MR) is 66.3 cm³/mol. The Balaban J connectivity index is 2.35. The smallest absolute Gasteiger partial charge is 0.303 e. The van der Waals surface area contributed by atoms with E-state index in [1.807, 2.05) is 24.3 Å². The first-order valence-corrected chi connectivity index (χ1v) is 5.72. The fourth-order valence-corrected chi connectivity index (χ4v) is 1.57. The van der Waals surface area contributed by atoms with Crippen LogP contribution in [0.2, 0.25) is 0 Å². The lowest BCUT2D eigenvalue weighted by Gasteiger charge is -2.14. The number of hydrogen-bond donors (Lipinski definition) is 2. The van der Waals surface area contributed by atoms with Gasteiger partial charge < -0.3 is 15.2 Å². The highest BCUT2D eigenvalue weighted by molar-refractivity contribution is 5.66. The first-order chi connectivity index (χ1) is 8.13.